The fraction of sp³-hybridized carbons (Fsp3) is 0.562. The highest BCUT2D eigenvalue weighted by Crippen LogP contribution is 2.24. The van der Waals surface area contributed by atoms with Crippen LogP contribution in [0, 0.1) is 11.6 Å². The zero-order valence-corrected chi connectivity index (χ0v) is 13.0. The normalized spacial score (nSPS) is 22.2. The largest absolute Gasteiger partial charge is 0.394 e. The number of nitrogens with zero attached hydrogens (tertiary/aromatic N) is 1. The Bertz CT molecular complexity index is 556. The summed E-state index contributed by atoms with van der Waals surface area (Å²) in [5.41, 5.74) is 0.224. The molecule has 5 nitrogen and oxygen atoms in total. The van der Waals surface area contributed by atoms with Gasteiger partial charge in [-0.25, -0.2) is 13.6 Å². The van der Waals surface area contributed by atoms with E-state index in [0.717, 1.165) is 12.1 Å². The van der Waals surface area contributed by atoms with Crippen molar-refractivity contribution in [1.29, 1.82) is 0 Å². The predicted molar refractivity (Wildman–Crippen MR) is 80.7 cm³/mol. The molecule has 1 aliphatic heterocycles. The first kappa shape index (κ1) is 17.6. The topological polar surface area (TPSA) is 72.8 Å². The van der Waals surface area contributed by atoms with Crippen molar-refractivity contribution in [1.82, 2.24) is 10.2 Å². The van der Waals surface area contributed by atoms with Gasteiger partial charge in [-0.1, -0.05) is 19.4 Å². The lowest BCUT2D eigenvalue weighted by atomic mass is 10.0. The number of rotatable bonds is 5. The van der Waals surface area contributed by atoms with Gasteiger partial charge >= 0.3 is 6.03 Å². The average molecular weight is 328 g/mol. The quantitative estimate of drug-likeness (QED) is 0.773. The van der Waals surface area contributed by atoms with Crippen LogP contribution in [0.25, 0.3) is 0 Å². The van der Waals surface area contributed by atoms with Crippen LogP contribution in [0.3, 0.4) is 0 Å². The highest BCUT2D eigenvalue weighted by atomic mass is 19.1. The van der Waals surface area contributed by atoms with Crippen LogP contribution in [0.2, 0.25) is 0 Å². The minimum Gasteiger partial charge on any atom is -0.394 e. The molecule has 0 aromatic heterocycles. The van der Waals surface area contributed by atoms with Crippen molar-refractivity contribution in [3.8, 4) is 0 Å². The maximum Gasteiger partial charge on any atom is 0.318 e. The van der Waals surface area contributed by atoms with Gasteiger partial charge in [-0.05, 0) is 18.9 Å². The monoisotopic (exact) mass is 328 g/mol. The zero-order chi connectivity index (χ0) is 17.0. The lowest BCUT2D eigenvalue weighted by molar-refractivity contribution is 0.151. The van der Waals surface area contributed by atoms with Crippen molar-refractivity contribution in [3.63, 3.8) is 0 Å². The molecular weight excluding hydrogens is 306 g/mol. The third kappa shape index (κ3) is 4.17. The summed E-state index contributed by atoms with van der Waals surface area (Å²) in [7, 11) is 0. The Morgan fingerprint density at radius 3 is 2.83 bits per heavy atom. The molecule has 0 saturated carbocycles. The van der Waals surface area contributed by atoms with Crippen LogP contribution in [0.5, 0.6) is 0 Å². The summed E-state index contributed by atoms with van der Waals surface area (Å²) >= 11 is 0. The Morgan fingerprint density at radius 2 is 2.22 bits per heavy atom. The molecule has 1 aromatic carbocycles. The summed E-state index contributed by atoms with van der Waals surface area (Å²) < 4.78 is 27.0. The number of aliphatic hydroxyl groups is 2. The summed E-state index contributed by atoms with van der Waals surface area (Å²) in [6.45, 7) is 1.78. The second kappa shape index (κ2) is 7.70. The number of β-amino-alcohol motifs (C(OH)–C–C–N with tert-alkyl or cyclic N) is 1. The van der Waals surface area contributed by atoms with E-state index in [1.54, 1.807) is 0 Å². The fourth-order valence-electron chi connectivity index (χ4n) is 2.92. The van der Waals surface area contributed by atoms with E-state index in [2.05, 4.69) is 5.32 Å². The molecular formula is C16H22F2N2O3. The summed E-state index contributed by atoms with van der Waals surface area (Å²) in [5, 5.41) is 21.7. The second-order valence-electron chi connectivity index (χ2n) is 5.83. The van der Waals surface area contributed by atoms with Crippen molar-refractivity contribution >= 4 is 6.03 Å². The molecule has 1 saturated heterocycles. The molecule has 23 heavy (non-hydrogen) atoms. The molecule has 128 valence electrons. The number of hydrogen-bond acceptors (Lipinski definition) is 3. The van der Waals surface area contributed by atoms with Crippen molar-refractivity contribution in [2.45, 2.75) is 44.4 Å². The average Bonchev–Trinajstić information content (AvgIpc) is 2.88. The molecule has 0 radical (unpaired) electrons. The van der Waals surface area contributed by atoms with Crippen molar-refractivity contribution in [2.75, 3.05) is 13.2 Å². The Kier molecular flexibility index (Phi) is 5.90. The van der Waals surface area contributed by atoms with Gasteiger partial charge in [-0.15, -0.1) is 0 Å². The molecule has 3 atom stereocenters. The standard InChI is InChI=1S/C16H22F2N2O3/c1-2-3-15(13-5-4-10(17)6-14(13)18)19-16(23)20-8-12(22)7-11(20)9-21/h4-6,11-12,15,21-22H,2-3,7-9H2,1H3,(H,19,23)/t11-,12-,15?/m0/s1. The van der Waals surface area contributed by atoms with Crippen molar-refractivity contribution in [3.05, 3.63) is 35.4 Å². The molecule has 0 bridgehead atoms. The van der Waals surface area contributed by atoms with Crippen LogP contribution in [0.1, 0.15) is 37.8 Å². The maximum absolute atomic E-state index is 14.0. The van der Waals surface area contributed by atoms with Crippen molar-refractivity contribution in [2.24, 2.45) is 0 Å². The van der Waals surface area contributed by atoms with E-state index in [0.29, 0.717) is 19.3 Å². The van der Waals surface area contributed by atoms with Gasteiger partial charge in [0.15, 0.2) is 0 Å². The molecule has 3 N–H and O–H groups in total. The molecule has 1 fully saturated rings. The number of urea groups is 1. The Hall–Kier alpha value is -1.73. The third-order valence-corrected chi connectivity index (χ3v) is 4.08. The Labute approximate surface area is 133 Å². The first-order valence-electron chi connectivity index (χ1n) is 7.77. The first-order chi connectivity index (χ1) is 11.0. The second-order valence-corrected chi connectivity index (χ2v) is 5.83. The van der Waals surface area contributed by atoms with Gasteiger partial charge in [-0.2, -0.15) is 0 Å². The number of halogens is 2. The van der Waals surface area contributed by atoms with E-state index in [9.17, 15) is 23.8 Å². The summed E-state index contributed by atoms with van der Waals surface area (Å²) in [6, 6.07) is 1.76. The van der Waals surface area contributed by atoms with E-state index in [1.165, 1.54) is 11.0 Å². The highest BCUT2D eigenvalue weighted by Gasteiger charge is 2.34. The van der Waals surface area contributed by atoms with Crippen LogP contribution in [-0.4, -0.2) is 46.4 Å². The number of benzene rings is 1. The van der Waals surface area contributed by atoms with Crippen LogP contribution in [0.4, 0.5) is 13.6 Å². The molecule has 7 heteroatoms. The highest BCUT2D eigenvalue weighted by molar-refractivity contribution is 5.75. The lowest BCUT2D eigenvalue weighted by Gasteiger charge is -2.27. The number of carbonyl (C=O) groups is 1. The van der Waals surface area contributed by atoms with Gasteiger partial charge in [0.2, 0.25) is 0 Å². The van der Waals surface area contributed by atoms with Gasteiger partial charge < -0.3 is 20.4 Å². The summed E-state index contributed by atoms with van der Waals surface area (Å²) in [6.07, 6.45) is 0.834. The molecule has 0 aliphatic carbocycles. The molecule has 1 unspecified atom stereocenters. The van der Waals surface area contributed by atoms with Gasteiger partial charge in [0.25, 0.3) is 0 Å². The summed E-state index contributed by atoms with van der Waals surface area (Å²) in [4.78, 5) is 13.7. The van der Waals surface area contributed by atoms with E-state index in [1.807, 2.05) is 6.92 Å². The molecule has 2 rings (SSSR count). The summed E-state index contributed by atoms with van der Waals surface area (Å²) in [5.74, 6) is -1.38. The van der Waals surface area contributed by atoms with Crippen molar-refractivity contribution < 1.29 is 23.8 Å². The molecule has 1 aromatic rings. The molecule has 1 aliphatic rings. The number of aliphatic hydroxyl groups excluding tert-OH is 2. The smallest absolute Gasteiger partial charge is 0.318 e. The minimum absolute atomic E-state index is 0.127. The Balaban J connectivity index is 2.14. The number of likely N-dealkylation sites (tertiary alicyclic amines) is 1. The van der Waals surface area contributed by atoms with E-state index < -0.39 is 35.9 Å². The molecule has 2 amide bonds. The zero-order valence-electron chi connectivity index (χ0n) is 13.0. The minimum atomic E-state index is -0.705. The molecule has 1 heterocycles. The number of carbonyl (C=O) groups excluding carboxylic acids is 1. The van der Waals surface area contributed by atoms with Crippen LogP contribution in [0.15, 0.2) is 18.2 Å². The maximum atomic E-state index is 14.0. The SMILES string of the molecule is CCCC(NC(=O)N1C[C@@H](O)C[C@H]1CO)c1ccc(F)cc1F. The van der Waals surface area contributed by atoms with Gasteiger partial charge in [-0.3, -0.25) is 0 Å². The predicted octanol–water partition coefficient (Wildman–Crippen LogP) is 1.94. The first-order valence-corrected chi connectivity index (χ1v) is 7.77. The van der Waals surface area contributed by atoms with E-state index in [-0.39, 0.29) is 18.7 Å². The van der Waals surface area contributed by atoms with Crippen LogP contribution >= 0.6 is 0 Å². The van der Waals surface area contributed by atoms with Crippen LogP contribution in [-0.2, 0) is 0 Å². The van der Waals surface area contributed by atoms with Gasteiger partial charge in [0.1, 0.15) is 11.6 Å². The van der Waals surface area contributed by atoms with E-state index >= 15 is 0 Å². The number of nitrogens with one attached hydrogen (secondary N) is 1. The Morgan fingerprint density at radius 1 is 1.48 bits per heavy atom. The lowest BCUT2D eigenvalue weighted by Crippen LogP contribution is -2.45. The van der Waals surface area contributed by atoms with Gasteiger partial charge in [0, 0.05) is 18.2 Å². The van der Waals surface area contributed by atoms with Gasteiger partial charge in [0.05, 0.1) is 24.8 Å². The number of amides is 2. The van der Waals surface area contributed by atoms with Crippen LogP contribution < -0.4 is 5.32 Å². The third-order valence-electron chi connectivity index (χ3n) is 4.08. The van der Waals surface area contributed by atoms with E-state index in [4.69, 9.17) is 0 Å². The molecule has 0 spiro atoms. The fourth-order valence-corrected chi connectivity index (χ4v) is 2.92. The number of hydrogen-bond donors (Lipinski definition) is 3.